The molecular formula is C16H28O14. The van der Waals surface area contributed by atoms with E-state index >= 15 is 0 Å². The zero-order valence-corrected chi connectivity index (χ0v) is 15.7. The van der Waals surface area contributed by atoms with Crippen molar-refractivity contribution in [3.8, 4) is 0 Å². The van der Waals surface area contributed by atoms with E-state index in [2.05, 4.69) is 0 Å². The molecule has 0 bridgehead atoms. The molecule has 30 heavy (non-hydrogen) atoms. The summed E-state index contributed by atoms with van der Waals surface area (Å²) < 4.78 is 26.2. The van der Waals surface area contributed by atoms with Crippen molar-refractivity contribution in [2.24, 2.45) is 0 Å². The van der Waals surface area contributed by atoms with Crippen LogP contribution in [0.5, 0.6) is 0 Å². The topological polar surface area (TPSA) is 228 Å². The molecule has 14 nitrogen and oxygen atoms in total. The van der Waals surface area contributed by atoms with Crippen LogP contribution in [0.1, 0.15) is 0 Å². The maximum Gasteiger partial charge on any atom is 0.187 e. The normalized spacial score (nSPS) is 52.9. The standard InChI is InChI=1S/C16H28O14/c17-1-6-8(21)9(22)11(24)16(28-6)29-12-5(19)3-26-14(25)13(12)30-15-10(23)7(20)4(18)2-27-15/h4-25H,1-3H2/t4-,5+,6-,7+,8-,9+,10-,11-,12+,13-,14-,15+,16+/m1/s1. The van der Waals surface area contributed by atoms with Crippen LogP contribution in [0.25, 0.3) is 0 Å². The fraction of sp³-hybridized carbons (Fsp3) is 1.00. The molecule has 0 spiro atoms. The Morgan fingerprint density at radius 3 is 1.90 bits per heavy atom. The lowest BCUT2D eigenvalue weighted by atomic mass is 9.98. The fourth-order valence-corrected chi connectivity index (χ4v) is 3.47. The van der Waals surface area contributed by atoms with Gasteiger partial charge in [-0.2, -0.15) is 0 Å². The number of ether oxygens (including phenoxy) is 5. The summed E-state index contributed by atoms with van der Waals surface area (Å²) in [5, 5.41) is 88.9. The number of hydrogen-bond donors (Lipinski definition) is 9. The molecule has 0 saturated carbocycles. The fourth-order valence-electron chi connectivity index (χ4n) is 3.47. The minimum atomic E-state index is -1.77. The molecule has 0 aromatic carbocycles. The molecule has 3 aliphatic heterocycles. The first-order valence-electron chi connectivity index (χ1n) is 9.40. The van der Waals surface area contributed by atoms with Crippen molar-refractivity contribution in [2.75, 3.05) is 19.8 Å². The second-order valence-electron chi connectivity index (χ2n) is 7.44. The average molecular weight is 444 g/mol. The Bertz CT molecular complexity index is 550. The molecule has 0 radical (unpaired) electrons. The van der Waals surface area contributed by atoms with Gasteiger partial charge in [-0.3, -0.25) is 0 Å². The van der Waals surface area contributed by atoms with E-state index in [0.717, 1.165) is 0 Å². The third-order valence-corrected chi connectivity index (χ3v) is 5.31. The van der Waals surface area contributed by atoms with Crippen LogP contribution in [0.3, 0.4) is 0 Å². The summed E-state index contributed by atoms with van der Waals surface area (Å²) in [5.74, 6) is 0. The number of aliphatic hydroxyl groups is 9. The highest BCUT2D eigenvalue weighted by Gasteiger charge is 2.50. The Kier molecular flexibility index (Phi) is 7.97. The molecule has 14 heteroatoms. The molecule has 3 rings (SSSR count). The van der Waals surface area contributed by atoms with Crippen molar-refractivity contribution in [3.63, 3.8) is 0 Å². The molecule has 3 heterocycles. The van der Waals surface area contributed by atoms with Crippen molar-refractivity contribution in [3.05, 3.63) is 0 Å². The second kappa shape index (κ2) is 9.93. The summed E-state index contributed by atoms with van der Waals surface area (Å²) in [4.78, 5) is 0. The van der Waals surface area contributed by atoms with Crippen LogP contribution in [-0.4, -0.2) is 146 Å². The quantitative estimate of drug-likeness (QED) is 0.192. The smallest absolute Gasteiger partial charge is 0.187 e. The van der Waals surface area contributed by atoms with Crippen LogP contribution in [0.4, 0.5) is 0 Å². The largest absolute Gasteiger partial charge is 0.394 e. The van der Waals surface area contributed by atoms with Gasteiger partial charge in [0, 0.05) is 0 Å². The Labute approximate surface area is 170 Å². The third kappa shape index (κ3) is 4.77. The van der Waals surface area contributed by atoms with Crippen molar-refractivity contribution >= 4 is 0 Å². The lowest BCUT2D eigenvalue weighted by Gasteiger charge is -2.45. The molecule has 3 fully saturated rings. The van der Waals surface area contributed by atoms with Crippen molar-refractivity contribution < 1.29 is 69.6 Å². The van der Waals surface area contributed by atoms with Gasteiger partial charge in [0.1, 0.15) is 61.0 Å². The van der Waals surface area contributed by atoms with Crippen molar-refractivity contribution in [1.29, 1.82) is 0 Å². The highest BCUT2D eigenvalue weighted by Crippen LogP contribution is 2.29. The highest BCUT2D eigenvalue weighted by molar-refractivity contribution is 4.93. The van der Waals surface area contributed by atoms with E-state index in [1.807, 2.05) is 0 Å². The van der Waals surface area contributed by atoms with Crippen LogP contribution < -0.4 is 0 Å². The summed E-state index contributed by atoms with van der Waals surface area (Å²) >= 11 is 0. The average Bonchev–Trinajstić information content (AvgIpc) is 2.73. The van der Waals surface area contributed by atoms with Gasteiger partial charge < -0.3 is 69.6 Å². The lowest BCUT2D eigenvalue weighted by molar-refractivity contribution is -0.371. The number of rotatable bonds is 5. The summed E-state index contributed by atoms with van der Waals surface area (Å²) in [7, 11) is 0. The molecule has 3 aliphatic rings. The van der Waals surface area contributed by atoms with Crippen LogP contribution >= 0.6 is 0 Å². The number of aliphatic hydroxyl groups excluding tert-OH is 9. The van der Waals surface area contributed by atoms with E-state index < -0.39 is 93.1 Å². The van der Waals surface area contributed by atoms with Gasteiger partial charge in [0.15, 0.2) is 18.9 Å². The zero-order valence-electron chi connectivity index (χ0n) is 15.7. The Morgan fingerprint density at radius 2 is 1.23 bits per heavy atom. The zero-order chi connectivity index (χ0) is 22.2. The predicted octanol–water partition coefficient (Wildman–Crippen LogP) is -6.29. The molecule has 176 valence electrons. The molecule has 0 aromatic heterocycles. The maximum absolute atomic E-state index is 10.3. The van der Waals surface area contributed by atoms with Gasteiger partial charge in [-0.15, -0.1) is 0 Å². The summed E-state index contributed by atoms with van der Waals surface area (Å²) in [5.41, 5.74) is 0. The SMILES string of the molecule is OC[C@H]1O[C@@H](O[C@@H]2[C@@H](O[C@@H]3OC[C@@H](O)[C@H](O)[C@H]3O)[C@H](O)OC[C@@H]2O)[C@H](O)[C@@H](O)[C@@H]1O. The van der Waals surface area contributed by atoms with Gasteiger partial charge in [0.2, 0.25) is 0 Å². The van der Waals surface area contributed by atoms with Crippen LogP contribution in [0, 0.1) is 0 Å². The molecule has 0 amide bonds. The van der Waals surface area contributed by atoms with Crippen molar-refractivity contribution in [1.82, 2.24) is 0 Å². The first kappa shape index (κ1) is 24.1. The van der Waals surface area contributed by atoms with E-state index in [1.54, 1.807) is 0 Å². The van der Waals surface area contributed by atoms with Gasteiger partial charge in [0.05, 0.1) is 19.8 Å². The summed E-state index contributed by atoms with van der Waals surface area (Å²) in [6.45, 7) is -1.49. The van der Waals surface area contributed by atoms with Crippen LogP contribution in [0.15, 0.2) is 0 Å². The van der Waals surface area contributed by atoms with E-state index in [-0.39, 0.29) is 6.61 Å². The first-order chi connectivity index (χ1) is 14.1. The third-order valence-electron chi connectivity index (χ3n) is 5.31. The van der Waals surface area contributed by atoms with Gasteiger partial charge >= 0.3 is 0 Å². The minimum absolute atomic E-state index is 0.382. The van der Waals surface area contributed by atoms with E-state index in [9.17, 15) is 46.0 Å². The predicted molar refractivity (Wildman–Crippen MR) is 89.2 cm³/mol. The Balaban J connectivity index is 1.73. The molecule has 0 aromatic rings. The van der Waals surface area contributed by atoms with Gasteiger partial charge in [0.25, 0.3) is 0 Å². The molecule has 0 unspecified atom stereocenters. The molecule has 13 atom stereocenters. The van der Waals surface area contributed by atoms with E-state index in [1.165, 1.54) is 0 Å². The van der Waals surface area contributed by atoms with Gasteiger partial charge in [-0.25, -0.2) is 0 Å². The van der Waals surface area contributed by atoms with E-state index in [4.69, 9.17) is 23.7 Å². The van der Waals surface area contributed by atoms with E-state index in [0.29, 0.717) is 0 Å². The second-order valence-corrected chi connectivity index (χ2v) is 7.44. The molecule has 0 aliphatic carbocycles. The summed E-state index contributed by atoms with van der Waals surface area (Å²) in [6, 6.07) is 0. The van der Waals surface area contributed by atoms with Crippen LogP contribution in [0.2, 0.25) is 0 Å². The number of hydrogen-bond acceptors (Lipinski definition) is 14. The molecule has 9 N–H and O–H groups in total. The molecular weight excluding hydrogens is 416 g/mol. The maximum atomic E-state index is 10.3. The Hall–Kier alpha value is -0.560. The molecule has 3 saturated heterocycles. The first-order valence-corrected chi connectivity index (χ1v) is 9.40. The van der Waals surface area contributed by atoms with Crippen LogP contribution in [-0.2, 0) is 23.7 Å². The van der Waals surface area contributed by atoms with Gasteiger partial charge in [-0.1, -0.05) is 0 Å². The highest BCUT2D eigenvalue weighted by atomic mass is 16.8. The Morgan fingerprint density at radius 1 is 0.633 bits per heavy atom. The minimum Gasteiger partial charge on any atom is -0.394 e. The van der Waals surface area contributed by atoms with Crippen molar-refractivity contribution in [2.45, 2.75) is 79.9 Å². The lowest BCUT2D eigenvalue weighted by Crippen LogP contribution is -2.64. The monoisotopic (exact) mass is 444 g/mol. The summed E-state index contributed by atoms with van der Waals surface area (Å²) in [6.07, 6.45) is -20.3. The van der Waals surface area contributed by atoms with Gasteiger partial charge in [-0.05, 0) is 0 Å².